The van der Waals surface area contributed by atoms with E-state index in [0.29, 0.717) is 11.8 Å². The second-order valence-corrected chi connectivity index (χ2v) is 3.23. The summed E-state index contributed by atoms with van der Waals surface area (Å²) in [6.45, 7) is 1.85. The first-order chi connectivity index (χ1) is 4.77. The van der Waals surface area contributed by atoms with Crippen molar-refractivity contribution in [1.82, 2.24) is 0 Å². The average Bonchev–Trinajstić information content (AvgIpc) is 2.44. The summed E-state index contributed by atoms with van der Waals surface area (Å²) in [7, 11) is 0. The predicted molar refractivity (Wildman–Crippen MR) is 40.5 cm³/mol. The van der Waals surface area contributed by atoms with Crippen LogP contribution in [0, 0.1) is 11.8 Å². The van der Waals surface area contributed by atoms with Crippen molar-refractivity contribution in [3.8, 4) is 0 Å². The first kappa shape index (κ1) is 6.17. The molecular formula is C9H12O. The van der Waals surface area contributed by atoms with Crippen LogP contribution in [0.3, 0.4) is 0 Å². The third-order valence-electron chi connectivity index (χ3n) is 2.43. The fourth-order valence-electron chi connectivity index (χ4n) is 1.92. The molecule has 0 saturated heterocycles. The van der Waals surface area contributed by atoms with Crippen LogP contribution >= 0.6 is 0 Å². The van der Waals surface area contributed by atoms with E-state index < -0.39 is 0 Å². The summed E-state index contributed by atoms with van der Waals surface area (Å²) in [6, 6.07) is 0. The topological polar surface area (TPSA) is 20.2 Å². The zero-order chi connectivity index (χ0) is 7.14. The van der Waals surface area contributed by atoms with Gasteiger partial charge >= 0.3 is 0 Å². The lowest BCUT2D eigenvalue weighted by molar-refractivity contribution is 0.223. The molecule has 0 aromatic carbocycles. The SMILES string of the molecule is C[C@@H](O)C1=CC2C=CC1C2. The van der Waals surface area contributed by atoms with Crippen LogP contribution in [0.25, 0.3) is 0 Å². The van der Waals surface area contributed by atoms with Crippen LogP contribution in [0.1, 0.15) is 13.3 Å². The standard InChI is InChI=1S/C9H12O/c1-6(10)9-5-7-2-3-8(9)4-7/h2-3,5-8,10H,4H2,1H3/t6-,7?,8?/m1/s1. The monoisotopic (exact) mass is 136 g/mol. The second-order valence-electron chi connectivity index (χ2n) is 3.23. The normalized spacial score (nSPS) is 38.4. The van der Waals surface area contributed by atoms with Gasteiger partial charge in [0.1, 0.15) is 0 Å². The summed E-state index contributed by atoms with van der Waals surface area (Å²) in [6.07, 6.45) is 7.62. The van der Waals surface area contributed by atoms with Crippen molar-refractivity contribution >= 4 is 0 Å². The van der Waals surface area contributed by atoms with Crippen molar-refractivity contribution in [3.63, 3.8) is 0 Å². The number of hydrogen-bond acceptors (Lipinski definition) is 1. The van der Waals surface area contributed by atoms with Gasteiger partial charge in [0.25, 0.3) is 0 Å². The molecule has 1 heteroatoms. The lowest BCUT2D eigenvalue weighted by atomic mass is 9.99. The number of rotatable bonds is 1. The third-order valence-corrected chi connectivity index (χ3v) is 2.43. The van der Waals surface area contributed by atoms with E-state index in [-0.39, 0.29) is 6.10 Å². The molecule has 2 aliphatic carbocycles. The Morgan fingerprint density at radius 3 is 2.70 bits per heavy atom. The van der Waals surface area contributed by atoms with Crippen molar-refractivity contribution in [3.05, 3.63) is 23.8 Å². The minimum atomic E-state index is -0.236. The van der Waals surface area contributed by atoms with E-state index in [2.05, 4.69) is 18.2 Å². The van der Waals surface area contributed by atoms with E-state index in [1.165, 1.54) is 12.0 Å². The zero-order valence-electron chi connectivity index (χ0n) is 6.12. The van der Waals surface area contributed by atoms with E-state index in [1.54, 1.807) is 0 Å². The van der Waals surface area contributed by atoms with E-state index in [4.69, 9.17) is 0 Å². The minimum Gasteiger partial charge on any atom is -0.389 e. The van der Waals surface area contributed by atoms with Crippen LogP contribution in [-0.4, -0.2) is 11.2 Å². The Hall–Kier alpha value is -0.560. The highest BCUT2D eigenvalue weighted by Crippen LogP contribution is 2.39. The van der Waals surface area contributed by atoms with E-state index in [0.717, 1.165) is 0 Å². The summed E-state index contributed by atoms with van der Waals surface area (Å²) < 4.78 is 0. The second kappa shape index (κ2) is 1.96. The van der Waals surface area contributed by atoms with Crippen molar-refractivity contribution in [1.29, 1.82) is 0 Å². The Morgan fingerprint density at radius 1 is 1.60 bits per heavy atom. The van der Waals surface area contributed by atoms with Crippen LogP contribution in [-0.2, 0) is 0 Å². The van der Waals surface area contributed by atoms with Crippen LogP contribution in [0.2, 0.25) is 0 Å². The smallest absolute Gasteiger partial charge is 0.0727 e. The van der Waals surface area contributed by atoms with Gasteiger partial charge in [0, 0.05) is 5.92 Å². The molecule has 0 amide bonds. The summed E-state index contributed by atoms with van der Waals surface area (Å²) >= 11 is 0. The summed E-state index contributed by atoms with van der Waals surface area (Å²) in [5.41, 5.74) is 1.23. The molecule has 2 unspecified atom stereocenters. The maximum Gasteiger partial charge on any atom is 0.0727 e. The number of aliphatic hydroxyl groups excluding tert-OH is 1. The molecule has 2 rings (SSSR count). The Labute approximate surface area is 61.1 Å². The largest absolute Gasteiger partial charge is 0.389 e. The van der Waals surface area contributed by atoms with Gasteiger partial charge in [-0.3, -0.25) is 0 Å². The van der Waals surface area contributed by atoms with E-state index in [1.807, 2.05) is 6.92 Å². The number of fused-ring (bicyclic) bond motifs is 2. The first-order valence-corrected chi connectivity index (χ1v) is 3.85. The number of allylic oxidation sites excluding steroid dienone is 3. The molecule has 0 saturated carbocycles. The Kier molecular flexibility index (Phi) is 1.21. The van der Waals surface area contributed by atoms with Crippen LogP contribution in [0.15, 0.2) is 23.8 Å². The van der Waals surface area contributed by atoms with Crippen LogP contribution < -0.4 is 0 Å². The molecule has 0 heterocycles. The van der Waals surface area contributed by atoms with Crippen molar-refractivity contribution in [2.45, 2.75) is 19.4 Å². The van der Waals surface area contributed by atoms with Gasteiger partial charge in [-0.05, 0) is 24.8 Å². The fraction of sp³-hybridized carbons (Fsp3) is 0.556. The highest BCUT2D eigenvalue weighted by Gasteiger charge is 2.29. The van der Waals surface area contributed by atoms with Gasteiger partial charge in [0.05, 0.1) is 6.10 Å². The Morgan fingerprint density at radius 2 is 2.40 bits per heavy atom. The molecule has 0 spiro atoms. The molecule has 2 aliphatic rings. The number of aliphatic hydroxyl groups is 1. The van der Waals surface area contributed by atoms with Gasteiger partial charge in [-0.25, -0.2) is 0 Å². The van der Waals surface area contributed by atoms with Crippen LogP contribution in [0.4, 0.5) is 0 Å². The van der Waals surface area contributed by atoms with Crippen molar-refractivity contribution in [2.24, 2.45) is 11.8 Å². The first-order valence-electron chi connectivity index (χ1n) is 3.85. The fourth-order valence-corrected chi connectivity index (χ4v) is 1.92. The molecule has 2 bridgehead atoms. The summed E-state index contributed by atoms with van der Waals surface area (Å²) in [4.78, 5) is 0. The molecule has 0 aromatic heterocycles. The van der Waals surface area contributed by atoms with Crippen LogP contribution in [0.5, 0.6) is 0 Å². The molecule has 0 aromatic rings. The van der Waals surface area contributed by atoms with Crippen molar-refractivity contribution < 1.29 is 5.11 Å². The molecule has 10 heavy (non-hydrogen) atoms. The third kappa shape index (κ3) is 0.739. The molecule has 1 nitrogen and oxygen atoms in total. The lowest BCUT2D eigenvalue weighted by Crippen LogP contribution is -2.09. The highest BCUT2D eigenvalue weighted by atomic mass is 16.3. The quantitative estimate of drug-likeness (QED) is 0.541. The summed E-state index contributed by atoms with van der Waals surface area (Å²) in [5.74, 6) is 1.19. The summed E-state index contributed by atoms with van der Waals surface area (Å²) in [5, 5.41) is 9.27. The lowest BCUT2D eigenvalue weighted by Gasteiger charge is -2.11. The van der Waals surface area contributed by atoms with Crippen molar-refractivity contribution in [2.75, 3.05) is 0 Å². The zero-order valence-corrected chi connectivity index (χ0v) is 6.12. The molecule has 1 N–H and O–H groups in total. The average molecular weight is 136 g/mol. The van der Waals surface area contributed by atoms with Gasteiger partial charge < -0.3 is 5.11 Å². The molecule has 0 fully saturated rings. The molecule has 0 aliphatic heterocycles. The highest BCUT2D eigenvalue weighted by molar-refractivity contribution is 5.31. The predicted octanol–water partition coefficient (Wildman–Crippen LogP) is 1.50. The molecule has 3 atom stereocenters. The number of hydrogen-bond donors (Lipinski definition) is 1. The molecule has 0 radical (unpaired) electrons. The molecule has 54 valence electrons. The Balaban J connectivity index is 2.21. The van der Waals surface area contributed by atoms with Gasteiger partial charge in [0.15, 0.2) is 0 Å². The minimum absolute atomic E-state index is 0.236. The van der Waals surface area contributed by atoms with Gasteiger partial charge in [-0.15, -0.1) is 0 Å². The van der Waals surface area contributed by atoms with E-state index in [9.17, 15) is 5.11 Å². The molecular weight excluding hydrogens is 124 g/mol. The van der Waals surface area contributed by atoms with E-state index >= 15 is 0 Å². The maximum atomic E-state index is 9.27. The van der Waals surface area contributed by atoms with Gasteiger partial charge in [-0.1, -0.05) is 18.2 Å². The van der Waals surface area contributed by atoms with Gasteiger partial charge in [0.2, 0.25) is 0 Å². The van der Waals surface area contributed by atoms with Gasteiger partial charge in [-0.2, -0.15) is 0 Å². The maximum absolute atomic E-state index is 9.27. The Bertz CT molecular complexity index is 201.